The number of anilines is 1. The van der Waals surface area contributed by atoms with Crippen LogP contribution < -0.4 is 9.64 Å². The van der Waals surface area contributed by atoms with Gasteiger partial charge in [0.15, 0.2) is 10.1 Å². The second-order valence-electron chi connectivity index (χ2n) is 9.98. The van der Waals surface area contributed by atoms with Crippen LogP contribution in [0.15, 0.2) is 70.7 Å². The standard InChI is InChI=1S/C31H25Cl2N5O4S2/c1-4-42-21-11-8-18(9-12-21)25-23(26(39)24-17(3)37-13-5-6-16(2)28(37)34-24)27(40)29(41)38(25)30-35-36-31(44-30)43-15-19-7-10-20(32)14-22(19)33/h5-14,25,39H,4,15H2,1-3H3. The minimum atomic E-state index is -0.979. The van der Waals surface area contributed by atoms with E-state index in [4.69, 9.17) is 27.9 Å². The number of halogens is 2. The molecule has 1 unspecified atom stereocenters. The zero-order valence-electron chi connectivity index (χ0n) is 23.7. The first-order valence-electron chi connectivity index (χ1n) is 13.6. The molecule has 13 heteroatoms. The minimum absolute atomic E-state index is 0.0827. The van der Waals surface area contributed by atoms with Crippen LogP contribution in [0.3, 0.4) is 0 Å². The van der Waals surface area contributed by atoms with Gasteiger partial charge in [-0.2, -0.15) is 0 Å². The van der Waals surface area contributed by atoms with Gasteiger partial charge < -0.3 is 14.2 Å². The summed E-state index contributed by atoms with van der Waals surface area (Å²) in [5.41, 5.74) is 3.77. The molecule has 5 aromatic rings. The van der Waals surface area contributed by atoms with Crippen LogP contribution >= 0.6 is 46.3 Å². The fourth-order valence-electron chi connectivity index (χ4n) is 5.07. The quantitative estimate of drug-likeness (QED) is 0.0599. The molecule has 2 aromatic carbocycles. The van der Waals surface area contributed by atoms with Gasteiger partial charge in [-0.15, -0.1) is 10.2 Å². The van der Waals surface area contributed by atoms with Crippen molar-refractivity contribution in [2.45, 2.75) is 36.9 Å². The smallest absolute Gasteiger partial charge is 0.301 e. The molecule has 0 radical (unpaired) electrons. The number of thioether (sulfide) groups is 1. The summed E-state index contributed by atoms with van der Waals surface area (Å²) in [6.07, 6.45) is 1.83. The van der Waals surface area contributed by atoms with Gasteiger partial charge in [-0.05, 0) is 67.8 Å². The number of rotatable bonds is 8. The van der Waals surface area contributed by atoms with Crippen molar-refractivity contribution in [1.29, 1.82) is 0 Å². The maximum absolute atomic E-state index is 13.7. The number of Topliss-reactive ketones (excluding diaryl/α,β-unsaturated/α-hetero) is 1. The highest BCUT2D eigenvalue weighted by molar-refractivity contribution is 8.00. The van der Waals surface area contributed by atoms with E-state index in [-0.39, 0.29) is 22.2 Å². The van der Waals surface area contributed by atoms with Crippen LogP contribution in [0.25, 0.3) is 11.4 Å². The molecule has 0 bridgehead atoms. The lowest BCUT2D eigenvalue weighted by Gasteiger charge is -2.22. The van der Waals surface area contributed by atoms with Gasteiger partial charge in [0, 0.05) is 22.0 Å². The van der Waals surface area contributed by atoms with Gasteiger partial charge in [0.05, 0.1) is 23.9 Å². The number of ether oxygens (including phenoxy) is 1. The summed E-state index contributed by atoms with van der Waals surface area (Å²) in [5.74, 6) is -0.890. The van der Waals surface area contributed by atoms with Crippen molar-refractivity contribution in [1.82, 2.24) is 19.6 Å². The highest BCUT2D eigenvalue weighted by atomic mass is 35.5. The molecule has 1 amide bonds. The Labute approximate surface area is 271 Å². The van der Waals surface area contributed by atoms with E-state index in [0.717, 1.165) is 11.1 Å². The lowest BCUT2D eigenvalue weighted by atomic mass is 9.96. The monoisotopic (exact) mass is 665 g/mol. The number of amides is 1. The number of ketones is 1. The molecule has 1 fully saturated rings. The molecule has 3 aromatic heterocycles. The summed E-state index contributed by atoms with van der Waals surface area (Å²) in [4.78, 5) is 33.3. The Kier molecular flexibility index (Phi) is 8.38. The third kappa shape index (κ3) is 5.45. The van der Waals surface area contributed by atoms with Crippen molar-refractivity contribution in [2.75, 3.05) is 11.5 Å². The summed E-state index contributed by atoms with van der Waals surface area (Å²) < 4.78 is 8.02. The highest BCUT2D eigenvalue weighted by Gasteiger charge is 2.49. The van der Waals surface area contributed by atoms with E-state index in [9.17, 15) is 14.7 Å². The van der Waals surface area contributed by atoms with Gasteiger partial charge in [0.1, 0.15) is 17.1 Å². The molecule has 1 aliphatic rings. The zero-order valence-corrected chi connectivity index (χ0v) is 26.9. The van der Waals surface area contributed by atoms with Gasteiger partial charge in [0.25, 0.3) is 5.78 Å². The predicted octanol–water partition coefficient (Wildman–Crippen LogP) is 7.43. The molecule has 0 aliphatic carbocycles. The molecule has 1 aliphatic heterocycles. The summed E-state index contributed by atoms with van der Waals surface area (Å²) in [5, 5.41) is 21.6. The number of nitrogens with zero attached hydrogens (tertiary/aromatic N) is 5. The van der Waals surface area contributed by atoms with E-state index in [1.165, 1.54) is 28.0 Å². The molecule has 1 atom stereocenters. The van der Waals surface area contributed by atoms with E-state index in [2.05, 4.69) is 15.2 Å². The first kappa shape index (κ1) is 30.1. The summed E-state index contributed by atoms with van der Waals surface area (Å²) in [6, 6.07) is 15.1. The number of aliphatic hydroxyl groups is 1. The molecule has 4 heterocycles. The molecular weight excluding hydrogens is 641 g/mol. The number of carbonyl (C=O) groups is 2. The van der Waals surface area contributed by atoms with Gasteiger partial charge >= 0.3 is 5.91 Å². The normalized spacial score (nSPS) is 16.3. The topological polar surface area (TPSA) is 110 Å². The zero-order chi connectivity index (χ0) is 31.1. The van der Waals surface area contributed by atoms with Crippen molar-refractivity contribution in [3.63, 3.8) is 0 Å². The van der Waals surface area contributed by atoms with E-state index in [1.807, 2.05) is 42.6 Å². The Morgan fingerprint density at radius 2 is 1.86 bits per heavy atom. The van der Waals surface area contributed by atoms with E-state index < -0.39 is 17.7 Å². The second-order valence-corrected chi connectivity index (χ2v) is 13.0. The van der Waals surface area contributed by atoms with Gasteiger partial charge in [-0.1, -0.05) is 70.6 Å². The van der Waals surface area contributed by atoms with Crippen molar-refractivity contribution < 1.29 is 19.4 Å². The molecule has 44 heavy (non-hydrogen) atoms. The number of carbonyl (C=O) groups excluding carboxylic acids is 2. The lowest BCUT2D eigenvalue weighted by molar-refractivity contribution is -0.132. The number of imidazole rings is 1. The van der Waals surface area contributed by atoms with Crippen molar-refractivity contribution in [3.8, 4) is 5.75 Å². The molecule has 224 valence electrons. The number of aromatic nitrogens is 4. The Bertz CT molecular complexity index is 1950. The van der Waals surface area contributed by atoms with E-state index >= 15 is 0 Å². The first-order valence-corrected chi connectivity index (χ1v) is 16.1. The van der Waals surface area contributed by atoms with Crippen LogP contribution in [-0.2, 0) is 15.3 Å². The number of hydrogen-bond donors (Lipinski definition) is 1. The predicted molar refractivity (Wildman–Crippen MR) is 173 cm³/mol. The molecule has 9 nitrogen and oxygen atoms in total. The molecule has 6 rings (SSSR count). The second kappa shape index (κ2) is 12.2. The third-order valence-electron chi connectivity index (χ3n) is 7.23. The number of pyridine rings is 1. The Hall–Kier alpha value is -3.90. The third-order valence-corrected chi connectivity index (χ3v) is 9.92. The summed E-state index contributed by atoms with van der Waals surface area (Å²) in [6.45, 7) is 6.08. The lowest BCUT2D eigenvalue weighted by Crippen LogP contribution is -2.29. The maximum atomic E-state index is 13.7. The van der Waals surface area contributed by atoms with Crippen LogP contribution in [0, 0.1) is 13.8 Å². The van der Waals surface area contributed by atoms with Crippen LogP contribution in [-0.4, -0.2) is 43.0 Å². The fraction of sp³-hybridized carbons (Fsp3) is 0.194. The molecule has 0 saturated carbocycles. The highest BCUT2D eigenvalue weighted by Crippen LogP contribution is 2.44. The van der Waals surface area contributed by atoms with Crippen molar-refractivity contribution >= 4 is 74.5 Å². The van der Waals surface area contributed by atoms with Gasteiger partial charge in [0.2, 0.25) is 5.13 Å². The van der Waals surface area contributed by atoms with E-state index in [1.54, 1.807) is 43.3 Å². The van der Waals surface area contributed by atoms with Crippen LogP contribution in [0.2, 0.25) is 10.0 Å². The summed E-state index contributed by atoms with van der Waals surface area (Å²) >= 11 is 14.9. The van der Waals surface area contributed by atoms with Crippen LogP contribution in [0.4, 0.5) is 5.13 Å². The molecule has 0 spiro atoms. The van der Waals surface area contributed by atoms with Crippen molar-refractivity contribution in [3.05, 3.63) is 104 Å². The average Bonchev–Trinajstić information content (AvgIpc) is 3.68. The van der Waals surface area contributed by atoms with Gasteiger partial charge in [-0.25, -0.2) is 4.98 Å². The Morgan fingerprint density at radius 3 is 2.57 bits per heavy atom. The summed E-state index contributed by atoms with van der Waals surface area (Å²) in [7, 11) is 0. The first-order chi connectivity index (χ1) is 21.2. The Balaban J connectivity index is 1.42. The maximum Gasteiger partial charge on any atom is 0.301 e. The molecular formula is C31H25Cl2N5O4S2. The largest absolute Gasteiger partial charge is 0.505 e. The fourth-order valence-corrected chi connectivity index (χ4v) is 7.49. The van der Waals surface area contributed by atoms with Crippen LogP contribution in [0.5, 0.6) is 5.75 Å². The average molecular weight is 667 g/mol. The molecule has 1 saturated heterocycles. The number of aliphatic hydroxyl groups excluding tert-OH is 1. The van der Waals surface area contributed by atoms with Crippen molar-refractivity contribution in [2.24, 2.45) is 0 Å². The SMILES string of the molecule is CCOc1ccc(C2C(=C(O)c3nc4c(C)cccn4c3C)C(=O)C(=O)N2c2nnc(SCc3ccc(Cl)cc3Cl)s2)cc1. The van der Waals surface area contributed by atoms with E-state index in [0.29, 0.717) is 49.4 Å². The minimum Gasteiger partial charge on any atom is -0.505 e. The number of hydrogen-bond acceptors (Lipinski definition) is 9. The number of fused-ring (bicyclic) bond motifs is 1. The number of benzene rings is 2. The van der Waals surface area contributed by atoms with Crippen LogP contribution in [0.1, 0.15) is 41.0 Å². The van der Waals surface area contributed by atoms with Gasteiger partial charge in [-0.3, -0.25) is 14.5 Å². The Morgan fingerprint density at radius 1 is 1.09 bits per heavy atom. The number of aryl methyl sites for hydroxylation is 2. The molecule has 1 N–H and O–H groups in total.